The number of carbonyl (C=O) groups is 1. The van der Waals surface area contributed by atoms with Gasteiger partial charge in [-0.3, -0.25) is 4.79 Å². The zero-order chi connectivity index (χ0) is 27.1. The molecular weight excluding hydrogens is 529 g/mol. The Morgan fingerprint density at radius 3 is 2.50 bits per heavy atom. The maximum atomic E-state index is 14.3. The Hall–Kier alpha value is -3.18. The van der Waals surface area contributed by atoms with Crippen molar-refractivity contribution in [3.05, 3.63) is 42.1 Å². The Morgan fingerprint density at radius 1 is 1.28 bits per heavy atom. The van der Waals surface area contributed by atoms with Crippen molar-refractivity contribution in [1.82, 2.24) is 4.98 Å². The molecule has 36 heavy (non-hydrogen) atoms. The van der Waals surface area contributed by atoms with Crippen LogP contribution in [-0.2, 0) is 19.6 Å². The van der Waals surface area contributed by atoms with Gasteiger partial charge in [-0.2, -0.15) is 26.3 Å². The number of hydrogen-bond acceptors (Lipinski definition) is 7. The lowest BCUT2D eigenvalue weighted by atomic mass is 9.99. The topological polar surface area (TPSA) is 124 Å². The van der Waals surface area contributed by atoms with Gasteiger partial charge in [-0.1, -0.05) is 0 Å². The van der Waals surface area contributed by atoms with Crippen LogP contribution in [0, 0.1) is 11.6 Å². The molecule has 0 bridgehead atoms. The van der Waals surface area contributed by atoms with Gasteiger partial charge in [0.05, 0.1) is 12.2 Å². The van der Waals surface area contributed by atoms with Crippen molar-refractivity contribution in [2.75, 3.05) is 23.9 Å². The first kappa shape index (κ1) is 27.4. The lowest BCUT2D eigenvalue weighted by molar-refractivity contribution is -0.261. The number of nitrogens with zero attached hydrogens (tertiary/aromatic N) is 2. The molecule has 17 heteroatoms. The van der Waals surface area contributed by atoms with Crippen LogP contribution in [0.3, 0.4) is 0 Å². The fraction of sp³-hybridized carbons (Fsp3) is 0.368. The summed E-state index contributed by atoms with van der Waals surface area (Å²) in [6.07, 6.45) is -5.24. The Kier molecular flexibility index (Phi) is 7.39. The largest absolute Gasteiger partial charge is 0.429 e. The zero-order valence-corrected chi connectivity index (χ0v) is 18.8. The Labute approximate surface area is 199 Å². The van der Waals surface area contributed by atoms with E-state index in [1.165, 1.54) is 0 Å². The molecule has 3 N–H and O–H groups in total. The summed E-state index contributed by atoms with van der Waals surface area (Å²) < 4.78 is 127. The van der Waals surface area contributed by atoms with E-state index < -0.39 is 81.4 Å². The van der Waals surface area contributed by atoms with Crippen LogP contribution in [0.15, 0.2) is 35.5 Å². The van der Waals surface area contributed by atoms with Gasteiger partial charge in [0.2, 0.25) is 11.7 Å². The van der Waals surface area contributed by atoms with Crippen molar-refractivity contribution in [3.8, 4) is 5.75 Å². The molecule has 0 saturated carbocycles. The molecule has 1 aliphatic heterocycles. The normalized spacial score (nSPS) is 20.6. The number of pyridine rings is 1. The summed E-state index contributed by atoms with van der Waals surface area (Å²) in [4.78, 5) is 17.1. The maximum Gasteiger partial charge on any atom is 0.419 e. The minimum Gasteiger partial charge on any atom is -0.429 e. The van der Waals surface area contributed by atoms with E-state index in [1.54, 1.807) is 0 Å². The smallest absolute Gasteiger partial charge is 0.419 e. The molecule has 198 valence electrons. The fourth-order valence-corrected chi connectivity index (χ4v) is 4.15. The second-order valence-electron chi connectivity index (χ2n) is 7.55. The molecule has 2 atom stereocenters. The Bertz CT molecular complexity index is 1260. The number of aromatic nitrogens is 1. The number of hydrogen-bond donors (Lipinski definition) is 2. The average molecular weight is 546 g/mol. The molecule has 1 aromatic heterocycles. The number of ether oxygens (including phenoxy) is 2. The van der Waals surface area contributed by atoms with Crippen molar-refractivity contribution in [2.45, 2.75) is 35.9 Å². The summed E-state index contributed by atoms with van der Waals surface area (Å²) in [6, 6.07) is 1.19. The number of primary sulfonamides is 1. The molecule has 1 amide bonds. The predicted molar refractivity (Wildman–Crippen MR) is 109 cm³/mol. The molecule has 3 rings (SSSR count). The Balaban J connectivity index is 2.09. The number of benzene rings is 1. The molecule has 0 radical (unpaired) electrons. The summed E-state index contributed by atoms with van der Waals surface area (Å²) >= 11 is 0. The van der Waals surface area contributed by atoms with Gasteiger partial charge in [-0.25, -0.2) is 22.9 Å². The van der Waals surface area contributed by atoms with E-state index in [9.17, 15) is 43.9 Å². The summed E-state index contributed by atoms with van der Waals surface area (Å²) in [5, 5.41) is 6.47. The van der Waals surface area contributed by atoms with E-state index in [2.05, 4.69) is 19.8 Å². The number of alkyl halides is 5. The van der Waals surface area contributed by atoms with Crippen molar-refractivity contribution in [2.24, 2.45) is 5.14 Å². The number of amides is 1. The van der Waals surface area contributed by atoms with Gasteiger partial charge in [0, 0.05) is 31.5 Å². The molecule has 0 spiro atoms. The minimum absolute atomic E-state index is 0.241. The monoisotopic (exact) mass is 546 g/mol. The summed E-state index contributed by atoms with van der Waals surface area (Å²) in [5.74, 6) is -6.16. The summed E-state index contributed by atoms with van der Waals surface area (Å²) in [6.45, 7) is -4.87. The number of anilines is 2. The van der Waals surface area contributed by atoms with Crippen molar-refractivity contribution in [1.29, 1.82) is 0 Å². The number of methoxy groups -OCH3 is 1. The highest BCUT2D eigenvalue weighted by molar-refractivity contribution is 7.89. The first-order valence-electron chi connectivity index (χ1n) is 9.70. The molecule has 1 aromatic carbocycles. The quantitative estimate of drug-likeness (QED) is 0.512. The number of nitrogens with one attached hydrogen (secondary N) is 1. The second kappa shape index (κ2) is 9.70. The molecule has 1 saturated heterocycles. The molecule has 0 aliphatic carbocycles. The van der Waals surface area contributed by atoms with Crippen LogP contribution in [0.5, 0.6) is 5.75 Å². The third kappa shape index (κ3) is 5.31. The van der Waals surface area contributed by atoms with E-state index in [0.29, 0.717) is 24.1 Å². The molecule has 9 nitrogen and oxygen atoms in total. The van der Waals surface area contributed by atoms with Crippen LogP contribution in [0.4, 0.5) is 42.1 Å². The van der Waals surface area contributed by atoms with Crippen LogP contribution < -0.4 is 20.1 Å². The maximum absolute atomic E-state index is 14.3. The number of rotatable bonds is 7. The van der Waals surface area contributed by atoms with Gasteiger partial charge < -0.3 is 19.7 Å². The van der Waals surface area contributed by atoms with E-state index in [1.807, 2.05) is 0 Å². The average Bonchev–Trinajstić information content (AvgIpc) is 3.18. The van der Waals surface area contributed by atoms with E-state index in [0.717, 1.165) is 18.3 Å². The van der Waals surface area contributed by atoms with Crippen LogP contribution in [0.25, 0.3) is 0 Å². The Morgan fingerprint density at radius 2 is 1.94 bits per heavy atom. The number of carbonyl (C=O) groups excluding carboxylic acids is 1. The highest BCUT2D eigenvalue weighted by Crippen LogP contribution is 2.47. The lowest BCUT2D eigenvalue weighted by Crippen LogP contribution is -2.49. The third-order valence-corrected chi connectivity index (χ3v) is 6.18. The van der Waals surface area contributed by atoms with Crippen LogP contribution >= 0.6 is 0 Å². The van der Waals surface area contributed by atoms with Crippen LogP contribution in [0.2, 0.25) is 0 Å². The summed E-state index contributed by atoms with van der Waals surface area (Å²) in [7, 11) is -3.60. The minimum atomic E-state index is -5.09. The summed E-state index contributed by atoms with van der Waals surface area (Å²) in [5.41, 5.74) is -4.04. The van der Waals surface area contributed by atoms with Crippen molar-refractivity contribution < 1.29 is 53.4 Å². The number of nitrogens with two attached hydrogens (primary N) is 1. The highest BCUT2D eigenvalue weighted by atomic mass is 32.2. The third-order valence-electron chi connectivity index (χ3n) is 5.37. The molecule has 2 aromatic rings. The van der Waals surface area contributed by atoms with Gasteiger partial charge in [0.25, 0.3) is 10.0 Å². The first-order valence-corrected chi connectivity index (χ1v) is 11.3. The van der Waals surface area contributed by atoms with Gasteiger partial charge in [0.15, 0.2) is 22.2 Å². The van der Waals surface area contributed by atoms with Crippen molar-refractivity contribution >= 4 is 27.3 Å². The van der Waals surface area contributed by atoms with E-state index in [-0.39, 0.29) is 5.69 Å². The van der Waals surface area contributed by atoms with Gasteiger partial charge in [-0.15, -0.1) is 0 Å². The van der Waals surface area contributed by atoms with E-state index in [4.69, 9.17) is 5.14 Å². The molecule has 0 unspecified atom stereocenters. The van der Waals surface area contributed by atoms with E-state index >= 15 is 0 Å². The van der Waals surface area contributed by atoms with Gasteiger partial charge in [-0.05, 0) is 18.2 Å². The second-order valence-corrected chi connectivity index (χ2v) is 9.06. The molecular formula is C19H17F7N4O5S. The lowest BCUT2D eigenvalue weighted by Gasteiger charge is -2.31. The highest BCUT2D eigenvalue weighted by Gasteiger charge is 2.63. The SMILES string of the molecule is CO[C@]1(C(F)(F)F)C[C@H](C(=O)Nc2ccnc(S(N)(=O)=O)c2)N(c2ccc(F)c(F)c2OC(F)F)C1. The standard InChI is InChI=1S/C19H17F7N4O5S/c1-34-18(19(24,25)26)7-12(16(31)29-9-4-5-28-13(6-9)36(27,32)33)30(8-18)11-3-2-10(20)14(21)15(11)35-17(22)23/h2-6,12,17H,7-8H2,1H3,(H2,27,32,33)(H,28,29,31)/t12-,18-/m1/s1. The first-order chi connectivity index (χ1) is 16.6. The zero-order valence-electron chi connectivity index (χ0n) is 18.0. The fourth-order valence-electron chi connectivity index (χ4n) is 3.65. The number of sulfonamides is 1. The van der Waals surface area contributed by atoms with Gasteiger partial charge in [0.1, 0.15) is 6.04 Å². The van der Waals surface area contributed by atoms with Crippen LogP contribution in [0.1, 0.15) is 6.42 Å². The molecule has 1 aliphatic rings. The van der Waals surface area contributed by atoms with Crippen molar-refractivity contribution in [3.63, 3.8) is 0 Å². The van der Waals surface area contributed by atoms with Gasteiger partial charge >= 0.3 is 12.8 Å². The predicted octanol–water partition coefficient (Wildman–Crippen LogP) is 2.77. The molecule has 1 fully saturated rings. The van der Waals surface area contributed by atoms with Crippen LogP contribution in [-0.4, -0.2) is 57.4 Å². The number of halogens is 7. The molecule has 2 heterocycles.